The average Bonchev–Trinajstić information content (AvgIpc) is 2.79. The fourth-order valence-electron chi connectivity index (χ4n) is 3.77. The molecule has 0 bridgehead atoms. The van der Waals surface area contributed by atoms with Crippen LogP contribution in [0.1, 0.15) is 30.9 Å². The first kappa shape index (κ1) is 26.2. The van der Waals surface area contributed by atoms with E-state index in [1.807, 2.05) is 39.0 Å². The number of aryl methyl sites for hydroxylation is 1. The second kappa shape index (κ2) is 10.9. The Hall–Kier alpha value is -1.38. The van der Waals surface area contributed by atoms with Crippen LogP contribution in [0.25, 0.3) is 0 Å². The van der Waals surface area contributed by atoms with Crippen molar-refractivity contribution in [1.82, 2.24) is 0 Å². The average molecular weight is 475 g/mol. The maximum atomic E-state index is 10.4. The van der Waals surface area contributed by atoms with Gasteiger partial charge in [0.1, 0.15) is 54.6 Å². The van der Waals surface area contributed by atoms with Crippen molar-refractivity contribution in [2.24, 2.45) is 0 Å². The fraction of sp³-hybridized carbons (Fsp3) is 0.727. The number of hydrogen-bond donors (Lipinski definition) is 7. The predicted molar refractivity (Wildman–Crippen MR) is 112 cm³/mol. The molecule has 2 fully saturated rings. The number of benzene rings is 1. The first-order valence-electron chi connectivity index (χ1n) is 10.9. The molecule has 11 nitrogen and oxygen atoms in total. The van der Waals surface area contributed by atoms with Crippen LogP contribution in [0.3, 0.4) is 0 Å². The highest BCUT2D eigenvalue weighted by atomic mass is 16.7. The van der Waals surface area contributed by atoms with Crippen LogP contribution in [0.15, 0.2) is 18.2 Å². The topological polar surface area (TPSA) is 179 Å². The molecule has 0 unspecified atom stereocenters. The van der Waals surface area contributed by atoms with Crippen molar-refractivity contribution in [3.05, 3.63) is 29.3 Å². The summed E-state index contributed by atoms with van der Waals surface area (Å²) in [6.07, 6.45) is -14.6. The Morgan fingerprint density at radius 2 is 1.39 bits per heavy atom. The van der Waals surface area contributed by atoms with E-state index in [1.165, 1.54) is 0 Å². The summed E-state index contributed by atoms with van der Waals surface area (Å²) in [4.78, 5) is 0. The maximum absolute atomic E-state index is 10.4. The maximum Gasteiger partial charge on any atom is 0.229 e. The zero-order chi connectivity index (χ0) is 24.4. The highest BCUT2D eigenvalue weighted by molar-refractivity contribution is 5.38. The molecule has 188 valence electrons. The van der Waals surface area contributed by atoms with Crippen LogP contribution >= 0.6 is 0 Å². The Morgan fingerprint density at radius 3 is 2.00 bits per heavy atom. The second-order valence-corrected chi connectivity index (χ2v) is 8.84. The molecular formula is C22H34O11. The number of ether oxygens (including phenoxy) is 4. The van der Waals surface area contributed by atoms with Crippen LogP contribution in [-0.2, 0) is 14.2 Å². The van der Waals surface area contributed by atoms with Gasteiger partial charge in [0.2, 0.25) is 6.29 Å². The van der Waals surface area contributed by atoms with Crippen LogP contribution in [0.4, 0.5) is 0 Å². The summed E-state index contributed by atoms with van der Waals surface area (Å²) in [6, 6.07) is 5.64. The van der Waals surface area contributed by atoms with Gasteiger partial charge in [-0.3, -0.25) is 0 Å². The monoisotopic (exact) mass is 474 g/mol. The molecule has 2 saturated heterocycles. The van der Waals surface area contributed by atoms with Crippen LogP contribution in [0.2, 0.25) is 0 Å². The van der Waals surface area contributed by atoms with E-state index in [9.17, 15) is 35.7 Å². The summed E-state index contributed by atoms with van der Waals surface area (Å²) in [6.45, 7) is 4.82. The third kappa shape index (κ3) is 5.65. The van der Waals surface area contributed by atoms with Gasteiger partial charge in [0.05, 0.1) is 13.2 Å². The van der Waals surface area contributed by atoms with Crippen molar-refractivity contribution in [2.75, 3.05) is 13.2 Å². The van der Waals surface area contributed by atoms with E-state index < -0.39 is 74.6 Å². The standard InChI is InChI=1S/C22H34O11/c1-9(2)11-5-4-10(3)12(6-11)31-22-20(29)18(27)16(25)14(33-22)8-30-21-19(28)17(26)15(24)13(7-23)32-21/h4-6,9,13-29H,7-8H2,1-3H3/t13-,14-,15-,16-,17+,18+,19+,20-,21-,22-/m1/s1. The van der Waals surface area contributed by atoms with Crippen molar-refractivity contribution < 1.29 is 54.7 Å². The Bertz CT molecular complexity index is 773. The molecule has 7 N–H and O–H groups in total. The number of rotatable bonds is 7. The number of aliphatic hydroxyl groups excluding tert-OH is 7. The van der Waals surface area contributed by atoms with E-state index in [1.54, 1.807) is 0 Å². The van der Waals surface area contributed by atoms with E-state index in [0.29, 0.717) is 5.75 Å². The predicted octanol–water partition coefficient (Wildman–Crippen LogP) is -1.88. The third-order valence-corrected chi connectivity index (χ3v) is 6.06. The van der Waals surface area contributed by atoms with Gasteiger partial charge in [-0.25, -0.2) is 0 Å². The van der Waals surface area contributed by atoms with Gasteiger partial charge in [0.25, 0.3) is 0 Å². The lowest BCUT2D eigenvalue weighted by Gasteiger charge is -2.42. The molecule has 10 atom stereocenters. The lowest BCUT2D eigenvalue weighted by molar-refractivity contribution is -0.323. The van der Waals surface area contributed by atoms with Crippen LogP contribution in [0.5, 0.6) is 5.75 Å². The zero-order valence-electron chi connectivity index (χ0n) is 18.8. The zero-order valence-corrected chi connectivity index (χ0v) is 18.8. The van der Waals surface area contributed by atoms with Gasteiger partial charge in [-0.15, -0.1) is 0 Å². The van der Waals surface area contributed by atoms with Gasteiger partial charge in [-0.1, -0.05) is 26.0 Å². The first-order chi connectivity index (χ1) is 15.5. The minimum atomic E-state index is -1.63. The summed E-state index contributed by atoms with van der Waals surface area (Å²) in [5, 5.41) is 70.2. The van der Waals surface area contributed by atoms with Gasteiger partial charge >= 0.3 is 0 Å². The van der Waals surface area contributed by atoms with Crippen LogP contribution in [-0.4, -0.2) is 110 Å². The van der Waals surface area contributed by atoms with E-state index in [2.05, 4.69) is 0 Å². The molecule has 1 aromatic carbocycles. The molecule has 0 amide bonds. The highest BCUT2D eigenvalue weighted by Crippen LogP contribution is 2.30. The second-order valence-electron chi connectivity index (χ2n) is 8.84. The molecular weight excluding hydrogens is 440 g/mol. The van der Waals surface area contributed by atoms with E-state index in [0.717, 1.165) is 11.1 Å². The third-order valence-electron chi connectivity index (χ3n) is 6.06. The Morgan fingerprint density at radius 1 is 0.818 bits per heavy atom. The number of aliphatic hydroxyl groups is 7. The van der Waals surface area contributed by atoms with Crippen LogP contribution < -0.4 is 4.74 Å². The van der Waals surface area contributed by atoms with Crippen LogP contribution in [0, 0.1) is 6.92 Å². The van der Waals surface area contributed by atoms with E-state index in [-0.39, 0.29) is 5.92 Å². The molecule has 0 aliphatic carbocycles. The molecule has 2 aliphatic heterocycles. The van der Waals surface area contributed by atoms with Gasteiger partial charge in [-0.2, -0.15) is 0 Å². The molecule has 11 heteroatoms. The fourth-order valence-corrected chi connectivity index (χ4v) is 3.77. The van der Waals surface area contributed by atoms with Gasteiger partial charge < -0.3 is 54.7 Å². The molecule has 0 spiro atoms. The van der Waals surface area contributed by atoms with Gasteiger partial charge in [-0.05, 0) is 30.0 Å². The normalized spacial score (nSPS) is 39.6. The number of hydrogen-bond acceptors (Lipinski definition) is 11. The first-order valence-corrected chi connectivity index (χ1v) is 10.9. The van der Waals surface area contributed by atoms with E-state index in [4.69, 9.17) is 18.9 Å². The molecule has 0 saturated carbocycles. The molecule has 2 aliphatic rings. The summed E-state index contributed by atoms with van der Waals surface area (Å²) in [5.74, 6) is 0.680. The lowest BCUT2D eigenvalue weighted by Crippen LogP contribution is -2.62. The quantitative estimate of drug-likeness (QED) is 0.235. The van der Waals surface area contributed by atoms with Crippen molar-refractivity contribution >= 4 is 0 Å². The smallest absolute Gasteiger partial charge is 0.229 e. The molecule has 1 aromatic rings. The summed E-state index contributed by atoms with van der Waals surface area (Å²) < 4.78 is 22.2. The summed E-state index contributed by atoms with van der Waals surface area (Å²) in [5.41, 5.74) is 1.79. The van der Waals surface area contributed by atoms with Crippen molar-refractivity contribution in [3.8, 4) is 5.75 Å². The molecule has 0 aromatic heterocycles. The van der Waals surface area contributed by atoms with Crippen molar-refractivity contribution in [3.63, 3.8) is 0 Å². The minimum Gasteiger partial charge on any atom is -0.462 e. The van der Waals surface area contributed by atoms with Gasteiger partial charge in [0, 0.05) is 0 Å². The van der Waals surface area contributed by atoms with Crippen molar-refractivity contribution in [1.29, 1.82) is 0 Å². The SMILES string of the molecule is Cc1ccc(C(C)C)cc1O[C@@H]1O[C@H](CO[C@@H]2O[C@H](CO)[C@@H](O)[C@H](O)[C@@H]2O)[C@@H](O)[C@H](O)[C@H]1O. The summed E-state index contributed by atoms with van der Waals surface area (Å²) >= 11 is 0. The Labute approximate surface area is 191 Å². The van der Waals surface area contributed by atoms with Crippen molar-refractivity contribution in [2.45, 2.75) is 88.1 Å². The minimum absolute atomic E-state index is 0.234. The lowest BCUT2D eigenvalue weighted by atomic mass is 9.98. The highest BCUT2D eigenvalue weighted by Gasteiger charge is 2.47. The Kier molecular flexibility index (Phi) is 8.67. The van der Waals surface area contributed by atoms with E-state index >= 15 is 0 Å². The largest absolute Gasteiger partial charge is 0.462 e. The van der Waals surface area contributed by atoms with Gasteiger partial charge in [0.15, 0.2) is 6.29 Å². The Balaban J connectivity index is 1.69. The molecule has 0 radical (unpaired) electrons. The summed E-state index contributed by atoms with van der Waals surface area (Å²) in [7, 11) is 0. The molecule has 2 heterocycles. The molecule has 3 rings (SSSR count). The molecule has 33 heavy (non-hydrogen) atoms.